The Labute approximate surface area is 307 Å². The van der Waals surface area contributed by atoms with Crippen LogP contribution in [0.4, 0.5) is 0 Å². The van der Waals surface area contributed by atoms with Gasteiger partial charge in [-0.25, -0.2) is 0 Å². The van der Waals surface area contributed by atoms with Crippen molar-refractivity contribution >= 4 is 21.9 Å². The average molecular weight is 697 g/mol. The van der Waals surface area contributed by atoms with E-state index in [1.165, 1.54) is 0 Å². The van der Waals surface area contributed by atoms with E-state index >= 15 is 0 Å². The van der Waals surface area contributed by atoms with Crippen molar-refractivity contribution in [2.45, 2.75) is 11.5 Å². The van der Waals surface area contributed by atoms with Crippen LogP contribution < -0.4 is 9.47 Å². The van der Waals surface area contributed by atoms with Gasteiger partial charge in [0.2, 0.25) is 0 Å². The molecule has 0 fully saturated rings. The van der Waals surface area contributed by atoms with Gasteiger partial charge in [0.1, 0.15) is 11.5 Å². The molecule has 0 amide bonds. The zero-order valence-corrected chi connectivity index (χ0v) is 29.8. The van der Waals surface area contributed by atoms with Crippen LogP contribution in [0.15, 0.2) is 158 Å². The molecule has 6 aromatic carbocycles. The molecular formula is C46H36N2O3S. The number of hydrogen-bond acceptors (Lipinski definition) is 5. The minimum atomic E-state index is -1.07. The van der Waals surface area contributed by atoms with E-state index in [2.05, 4.69) is 60.7 Å². The van der Waals surface area contributed by atoms with E-state index in [-0.39, 0.29) is 0 Å². The first-order chi connectivity index (χ1) is 25.5. The number of rotatable bonds is 12. The lowest BCUT2D eigenvalue weighted by molar-refractivity contribution is 0.414. The fraction of sp³-hybridized carbons (Fsp3) is 0.0870. The van der Waals surface area contributed by atoms with E-state index in [1.807, 2.05) is 97.1 Å². The molecule has 0 aliphatic carbocycles. The molecule has 0 aliphatic heterocycles. The molecule has 0 N–H and O–H groups in total. The molecule has 6 rings (SSSR count). The van der Waals surface area contributed by atoms with Gasteiger partial charge in [-0.05, 0) is 91.0 Å². The molecular weight excluding hydrogens is 661 g/mol. The van der Waals surface area contributed by atoms with Crippen LogP contribution in [0.5, 0.6) is 11.5 Å². The molecule has 0 atom stereocenters. The van der Waals surface area contributed by atoms with Crippen molar-refractivity contribution in [2.75, 3.05) is 14.2 Å². The summed E-state index contributed by atoms with van der Waals surface area (Å²) in [6, 6.07) is 52.4. The Balaban J connectivity index is 1.05. The molecule has 5 nitrogen and oxygen atoms in total. The predicted molar refractivity (Wildman–Crippen MR) is 211 cm³/mol. The topological polar surface area (TPSA) is 83.1 Å². The van der Waals surface area contributed by atoms with Gasteiger partial charge in [-0.3, -0.25) is 4.21 Å². The van der Waals surface area contributed by atoms with Crippen molar-refractivity contribution in [1.29, 1.82) is 10.5 Å². The zero-order valence-electron chi connectivity index (χ0n) is 29.0. The Morgan fingerprint density at radius 2 is 0.750 bits per heavy atom. The highest BCUT2D eigenvalue weighted by molar-refractivity contribution is 7.83. The summed E-state index contributed by atoms with van der Waals surface area (Å²) in [5, 5.41) is 18.8. The molecule has 0 aromatic heterocycles. The Morgan fingerprint density at radius 1 is 0.481 bits per heavy atom. The fourth-order valence-electron chi connectivity index (χ4n) is 6.03. The molecule has 254 valence electrons. The number of allylic oxidation sites excluding steroid dienone is 2. The van der Waals surface area contributed by atoms with Crippen molar-refractivity contribution in [3.63, 3.8) is 0 Å². The van der Waals surface area contributed by atoms with Crippen molar-refractivity contribution in [3.05, 3.63) is 191 Å². The first kappa shape index (κ1) is 35.4. The number of nitrogens with zero attached hydrogens (tertiary/aromatic N) is 2. The molecule has 0 saturated carbocycles. The highest BCUT2D eigenvalue weighted by atomic mass is 32.2. The number of methoxy groups -OCH3 is 2. The number of nitriles is 2. The molecule has 6 heteroatoms. The van der Waals surface area contributed by atoms with Crippen molar-refractivity contribution in [1.82, 2.24) is 0 Å². The Bertz CT molecular complexity index is 2130. The van der Waals surface area contributed by atoms with Crippen molar-refractivity contribution < 1.29 is 13.7 Å². The molecule has 52 heavy (non-hydrogen) atoms. The summed E-state index contributed by atoms with van der Waals surface area (Å²) in [6.45, 7) is 0. The molecule has 0 saturated heterocycles. The third kappa shape index (κ3) is 8.63. The van der Waals surface area contributed by atoms with E-state index in [9.17, 15) is 14.7 Å². The predicted octanol–water partition coefficient (Wildman–Crippen LogP) is 10.4. The summed E-state index contributed by atoms with van der Waals surface area (Å²) in [7, 11) is 2.20. The second-order valence-corrected chi connectivity index (χ2v) is 13.6. The number of hydrogen-bond donors (Lipinski definition) is 0. The van der Waals surface area contributed by atoms with Crippen LogP contribution in [0.1, 0.15) is 33.4 Å². The lowest BCUT2D eigenvalue weighted by atomic mass is 9.95. The first-order valence-corrected chi connectivity index (χ1v) is 18.2. The van der Waals surface area contributed by atoms with Crippen molar-refractivity contribution in [3.8, 4) is 45.9 Å². The fourth-order valence-corrected chi connectivity index (χ4v) is 7.26. The number of benzene rings is 6. The van der Waals surface area contributed by atoms with Crippen LogP contribution >= 0.6 is 0 Å². The molecule has 0 unspecified atom stereocenters. The van der Waals surface area contributed by atoms with Gasteiger partial charge in [-0.2, -0.15) is 10.5 Å². The van der Waals surface area contributed by atoms with Crippen LogP contribution in [-0.4, -0.2) is 18.4 Å². The second-order valence-electron chi connectivity index (χ2n) is 12.1. The lowest BCUT2D eigenvalue weighted by Gasteiger charge is -2.10. The normalized spacial score (nSPS) is 12.0. The highest BCUT2D eigenvalue weighted by Crippen LogP contribution is 2.30. The Morgan fingerprint density at radius 3 is 1.02 bits per heavy atom. The summed E-state index contributed by atoms with van der Waals surface area (Å²) in [5.41, 5.74) is 11.8. The van der Waals surface area contributed by atoms with E-state index in [1.54, 1.807) is 26.4 Å². The van der Waals surface area contributed by atoms with Crippen LogP contribution in [0.2, 0.25) is 0 Å². The van der Waals surface area contributed by atoms with E-state index in [0.29, 0.717) is 11.5 Å². The van der Waals surface area contributed by atoms with Gasteiger partial charge in [-0.1, -0.05) is 121 Å². The van der Waals surface area contributed by atoms with Gasteiger partial charge in [-0.15, -0.1) is 0 Å². The van der Waals surface area contributed by atoms with E-state index in [0.717, 1.165) is 78.3 Å². The van der Waals surface area contributed by atoms with Gasteiger partial charge in [0.25, 0.3) is 0 Å². The van der Waals surface area contributed by atoms with Crippen LogP contribution in [0, 0.1) is 22.7 Å². The maximum Gasteiger partial charge on any atom is 0.118 e. The monoisotopic (exact) mass is 696 g/mol. The SMILES string of the molecule is COc1ccc(/C(=C/C#N)c2ccc(-c3ccc(CS(=O)Cc4ccc(-c5ccc(/C(=C\C#N)c6ccc(OC)cc6)cc5)cc4)cc3)cc2)cc1. The quantitative estimate of drug-likeness (QED) is 0.119. The standard InChI is InChI=1S/C46H36N2O3S/c1-50-43-23-19-41(20-24-43)45(27-29-47)39-15-11-37(12-16-39)35-7-3-33(4-8-35)31-52(49)32-34-5-9-36(10-6-34)38-13-17-40(18-14-38)46(28-30-48)42-21-25-44(51-2)26-22-42/h3-28H,31-32H2,1-2H3/b45-27+,46-28+. The summed E-state index contributed by atoms with van der Waals surface area (Å²) in [4.78, 5) is 0. The summed E-state index contributed by atoms with van der Waals surface area (Å²) >= 11 is 0. The van der Waals surface area contributed by atoms with Crippen LogP contribution in [-0.2, 0) is 22.3 Å². The minimum Gasteiger partial charge on any atom is -0.497 e. The Kier molecular flexibility index (Phi) is 11.5. The molecule has 6 aromatic rings. The summed E-state index contributed by atoms with van der Waals surface area (Å²) < 4.78 is 23.7. The third-order valence-electron chi connectivity index (χ3n) is 8.84. The van der Waals surface area contributed by atoms with Gasteiger partial charge < -0.3 is 9.47 Å². The Hall–Kier alpha value is -6.47. The minimum absolute atomic E-state index is 0.472. The summed E-state index contributed by atoms with van der Waals surface area (Å²) in [6.07, 6.45) is 3.13. The number of ether oxygens (including phenoxy) is 2. The van der Waals surface area contributed by atoms with Gasteiger partial charge in [0, 0.05) is 34.5 Å². The van der Waals surface area contributed by atoms with Gasteiger partial charge in [0.15, 0.2) is 0 Å². The van der Waals surface area contributed by atoms with E-state index in [4.69, 9.17) is 9.47 Å². The van der Waals surface area contributed by atoms with E-state index < -0.39 is 10.8 Å². The van der Waals surface area contributed by atoms with Crippen molar-refractivity contribution in [2.24, 2.45) is 0 Å². The molecule has 0 spiro atoms. The maximum atomic E-state index is 13.1. The smallest absolute Gasteiger partial charge is 0.118 e. The molecule has 0 bridgehead atoms. The molecule has 0 aliphatic rings. The zero-order chi connectivity index (χ0) is 36.3. The molecule has 0 heterocycles. The van der Waals surface area contributed by atoms with Gasteiger partial charge in [0.05, 0.1) is 26.4 Å². The second kappa shape index (κ2) is 17.0. The first-order valence-electron chi connectivity index (χ1n) is 16.7. The molecule has 0 radical (unpaired) electrons. The lowest BCUT2D eigenvalue weighted by Crippen LogP contribution is -1.99. The van der Waals surface area contributed by atoms with Crippen LogP contribution in [0.3, 0.4) is 0 Å². The summed E-state index contributed by atoms with van der Waals surface area (Å²) in [5.74, 6) is 2.48. The van der Waals surface area contributed by atoms with Crippen LogP contribution in [0.25, 0.3) is 33.4 Å². The van der Waals surface area contributed by atoms with Gasteiger partial charge >= 0.3 is 0 Å². The largest absolute Gasteiger partial charge is 0.497 e. The third-order valence-corrected chi connectivity index (χ3v) is 10.2. The maximum absolute atomic E-state index is 13.1. The average Bonchev–Trinajstić information content (AvgIpc) is 3.20. The highest BCUT2D eigenvalue weighted by Gasteiger charge is 2.10.